The molecule has 27 heavy (non-hydrogen) atoms. The van der Waals surface area contributed by atoms with E-state index in [1.165, 1.54) is 42.5 Å². The third-order valence-corrected chi connectivity index (χ3v) is 5.01. The molecule has 0 heterocycles. The minimum Gasteiger partial charge on any atom is -0.271 e. The lowest BCUT2D eigenvalue weighted by molar-refractivity contribution is -0.119. The number of hydrogen-bond donors (Lipinski definition) is 1. The van der Waals surface area contributed by atoms with Crippen molar-refractivity contribution < 1.29 is 17.6 Å². The van der Waals surface area contributed by atoms with Crippen LogP contribution in [-0.2, 0) is 14.8 Å². The zero-order chi connectivity index (χ0) is 20.2. The average molecular weight is 432 g/mol. The third-order valence-electron chi connectivity index (χ3n) is 3.43. The first-order chi connectivity index (χ1) is 12.6. The number of rotatable bonds is 6. The summed E-state index contributed by atoms with van der Waals surface area (Å²) in [6.45, 7) is 1.11. The van der Waals surface area contributed by atoms with Crippen LogP contribution in [0.15, 0.2) is 47.6 Å². The molecule has 0 spiro atoms. The number of hydrogen-bond acceptors (Lipinski definition) is 4. The predicted octanol–water partition coefficient (Wildman–Crippen LogP) is 3.44. The van der Waals surface area contributed by atoms with Gasteiger partial charge in [0.2, 0.25) is 10.0 Å². The van der Waals surface area contributed by atoms with Crippen molar-refractivity contribution in [3.05, 3.63) is 63.9 Å². The van der Waals surface area contributed by atoms with Gasteiger partial charge in [0.15, 0.2) is 0 Å². The molecule has 2 rings (SSSR count). The molecule has 0 aliphatic rings. The number of carbonyl (C=O) groups excluding carboxylic acids is 1. The van der Waals surface area contributed by atoms with Gasteiger partial charge in [-0.1, -0.05) is 35.3 Å². The van der Waals surface area contributed by atoms with Gasteiger partial charge in [0.25, 0.3) is 5.91 Å². The van der Waals surface area contributed by atoms with Crippen LogP contribution in [0.2, 0.25) is 10.0 Å². The molecule has 0 unspecified atom stereocenters. The van der Waals surface area contributed by atoms with Crippen LogP contribution in [0.5, 0.6) is 0 Å². The summed E-state index contributed by atoms with van der Waals surface area (Å²) in [5, 5.41) is 4.38. The number of amides is 1. The van der Waals surface area contributed by atoms with Crippen molar-refractivity contribution in [3.63, 3.8) is 0 Å². The standard InChI is InChI=1S/C17H16Cl2FN3O3S/c1-11(12-3-5-15(20)6-4-12)21-22-17(24)10-23(27(2,25)26)16-8-13(18)7-14(19)9-16/h3-9H,10H2,1-2H3,(H,22,24)/b21-11-. The molecule has 1 amide bonds. The van der Waals surface area contributed by atoms with Gasteiger partial charge in [-0.2, -0.15) is 5.10 Å². The number of halogens is 3. The van der Waals surface area contributed by atoms with Crippen molar-refractivity contribution >= 4 is 50.5 Å². The van der Waals surface area contributed by atoms with E-state index in [1.807, 2.05) is 0 Å². The Morgan fingerprint density at radius 1 is 1.15 bits per heavy atom. The van der Waals surface area contributed by atoms with Gasteiger partial charge in [-0.25, -0.2) is 18.2 Å². The van der Waals surface area contributed by atoms with Crippen LogP contribution in [-0.4, -0.2) is 32.8 Å². The van der Waals surface area contributed by atoms with Crippen molar-refractivity contribution in [2.45, 2.75) is 6.92 Å². The molecule has 2 aromatic rings. The molecule has 0 fully saturated rings. The van der Waals surface area contributed by atoms with Gasteiger partial charge in [-0.15, -0.1) is 0 Å². The molecule has 0 radical (unpaired) electrons. The first kappa shape index (κ1) is 21.1. The molecule has 0 aromatic heterocycles. The topological polar surface area (TPSA) is 78.8 Å². The second kappa shape index (κ2) is 8.69. The predicted molar refractivity (Wildman–Crippen MR) is 105 cm³/mol. The van der Waals surface area contributed by atoms with Crippen molar-refractivity contribution in [1.29, 1.82) is 0 Å². The van der Waals surface area contributed by atoms with Crippen LogP contribution < -0.4 is 9.73 Å². The fourth-order valence-corrected chi connectivity index (χ4v) is 3.51. The maximum atomic E-state index is 12.9. The van der Waals surface area contributed by atoms with Crippen LogP contribution in [0.1, 0.15) is 12.5 Å². The second-order valence-corrected chi connectivity index (χ2v) is 8.42. The summed E-state index contributed by atoms with van der Waals surface area (Å²) in [6.07, 6.45) is 0.960. The Labute approximate surface area is 166 Å². The largest absolute Gasteiger partial charge is 0.271 e. The summed E-state index contributed by atoms with van der Waals surface area (Å²) in [7, 11) is -3.78. The molecule has 1 N–H and O–H groups in total. The van der Waals surface area contributed by atoms with E-state index in [-0.39, 0.29) is 21.5 Å². The highest BCUT2D eigenvalue weighted by Gasteiger charge is 2.21. The van der Waals surface area contributed by atoms with Crippen LogP contribution >= 0.6 is 23.2 Å². The van der Waals surface area contributed by atoms with Crippen LogP contribution in [0.3, 0.4) is 0 Å². The number of sulfonamides is 1. The highest BCUT2D eigenvalue weighted by Crippen LogP contribution is 2.26. The summed E-state index contributed by atoms with van der Waals surface area (Å²) in [5.41, 5.74) is 3.48. The SMILES string of the molecule is C/C(=N/NC(=O)CN(c1cc(Cl)cc(Cl)c1)S(C)(=O)=O)c1ccc(F)cc1. The Morgan fingerprint density at radius 2 is 1.70 bits per heavy atom. The lowest BCUT2D eigenvalue weighted by atomic mass is 10.1. The molecule has 0 saturated heterocycles. The number of hydrazone groups is 1. The van der Waals surface area contributed by atoms with E-state index in [4.69, 9.17) is 23.2 Å². The van der Waals surface area contributed by atoms with Crippen molar-refractivity contribution in [2.75, 3.05) is 17.1 Å². The average Bonchev–Trinajstić information content (AvgIpc) is 2.56. The second-order valence-electron chi connectivity index (χ2n) is 5.64. The maximum Gasteiger partial charge on any atom is 0.260 e. The number of carbonyl (C=O) groups is 1. The van der Waals surface area contributed by atoms with Gasteiger partial charge < -0.3 is 0 Å². The van der Waals surface area contributed by atoms with Crippen molar-refractivity contribution in [2.24, 2.45) is 5.10 Å². The Bertz CT molecular complexity index is 959. The fraction of sp³-hybridized carbons (Fsp3) is 0.176. The van der Waals surface area contributed by atoms with Crippen molar-refractivity contribution in [3.8, 4) is 0 Å². The summed E-state index contributed by atoms with van der Waals surface area (Å²) in [5.74, 6) is -1.06. The summed E-state index contributed by atoms with van der Waals surface area (Å²) < 4.78 is 38.0. The molecule has 2 aromatic carbocycles. The monoisotopic (exact) mass is 431 g/mol. The first-order valence-corrected chi connectivity index (χ1v) is 10.2. The Hall–Kier alpha value is -2.16. The molecule has 144 valence electrons. The zero-order valence-corrected chi connectivity index (χ0v) is 16.7. The first-order valence-electron chi connectivity index (χ1n) is 7.59. The summed E-state index contributed by atoms with van der Waals surface area (Å²) in [6, 6.07) is 9.77. The molecular weight excluding hydrogens is 416 g/mol. The smallest absolute Gasteiger partial charge is 0.260 e. The number of anilines is 1. The normalized spacial score (nSPS) is 12.0. The van der Waals surface area contributed by atoms with E-state index in [9.17, 15) is 17.6 Å². The van der Waals surface area contributed by atoms with Gasteiger partial charge in [0, 0.05) is 10.0 Å². The maximum absolute atomic E-state index is 12.9. The zero-order valence-electron chi connectivity index (χ0n) is 14.4. The highest BCUT2D eigenvalue weighted by molar-refractivity contribution is 7.92. The number of nitrogens with one attached hydrogen (secondary N) is 1. The van der Waals surface area contributed by atoms with E-state index >= 15 is 0 Å². The molecule has 0 atom stereocenters. The van der Waals surface area contributed by atoms with Crippen LogP contribution in [0.25, 0.3) is 0 Å². The molecule has 0 bridgehead atoms. The van der Waals surface area contributed by atoms with E-state index in [2.05, 4.69) is 10.5 Å². The molecule has 6 nitrogen and oxygen atoms in total. The Kier molecular flexibility index (Phi) is 6.80. The van der Waals surface area contributed by atoms with Crippen LogP contribution in [0, 0.1) is 5.82 Å². The summed E-state index contributed by atoms with van der Waals surface area (Å²) in [4.78, 5) is 12.2. The quantitative estimate of drug-likeness (QED) is 0.561. The van der Waals surface area contributed by atoms with E-state index in [0.717, 1.165) is 10.6 Å². The van der Waals surface area contributed by atoms with Gasteiger partial charge >= 0.3 is 0 Å². The Morgan fingerprint density at radius 3 is 2.22 bits per heavy atom. The van der Waals surface area contributed by atoms with E-state index < -0.39 is 22.5 Å². The minimum absolute atomic E-state index is 0.157. The molecular formula is C17H16Cl2FN3O3S. The minimum atomic E-state index is -3.78. The van der Waals surface area contributed by atoms with Crippen molar-refractivity contribution in [1.82, 2.24) is 5.43 Å². The lowest BCUT2D eigenvalue weighted by Crippen LogP contribution is -2.39. The van der Waals surface area contributed by atoms with E-state index in [1.54, 1.807) is 6.92 Å². The molecule has 10 heteroatoms. The fourth-order valence-electron chi connectivity index (χ4n) is 2.15. The van der Waals surface area contributed by atoms with Gasteiger partial charge in [0.05, 0.1) is 17.7 Å². The number of nitrogens with zero attached hydrogens (tertiary/aromatic N) is 2. The summed E-state index contributed by atoms with van der Waals surface area (Å²) >= 11 is 11.8. The van der Waals surface area contributed by atoms with Gasteiger partial charge in [-0.05, 0) is 42.8 Å². The molecule has 0 saturated carbocycles. The third kappa shape index (κ3) is 6.20. The number of benzene rings is 2. The van der Waals surface area contributed by atoms with Crippen LogP contribution in [0.4, 0.5) is 10.1 Å². The van der Waals surface area contributed by atoms with Gasteiger partial charge in [0.1, 0.15) is 12.4 Å². The Balaban J connectivity index is 2.17. The molecule has 0 aliphatic carbocycles. The highest BCUT2D eigenvalue weighted by atomic mass is 35.5. The molecule has 0 aliphatic heterocycles. The lowest BCUT2D eigenvalue weighted by Gasteiger charge is -2.21. The van der Waals surface area contributed by atoms with Gasteiger partial charge in [-0.3, -0.25) is 9.10 Å². The van der Waals surface area contributed by atoms with E-state index in [0.29, 0.717) is 11.3 Å².